The minimum absolute atomic E-state index is 0.160. The van der Waals surface area contributed by atoms with E-state index in [0.717, 1.165) is 0 Å². The zero-order valence-corrected chi connectivity index (χ0v) is 11.5. The first-order valence-electron chi connectivity index (χ1n) is 6.42. The van der Waals surface area contributed by atoms with Crippen LogP contribution in [0.1, 0.15) is 25.8 Å². The molecule has 1 amide bonds. The molecule has 0 aliphatic heterocycles. The standard InChI is InChI=1S/C14H19F3N2O/c1-9(10(2)18)13(20)19-12-6-4-3-5-11(12)7-8-14(15,16)17/h3-6,9-10H,7-8,18H2,1-2H3,(H,19,20). The van der Waals surface area contributed by atoms with Crippen LogP contribution in [0, 0.1) is 5.92 Å². The number of aryl methyl sites for hydroxylation is 1. The molecule has 0 bridgehead atoms. The number of carbonyl (C=O) groups is 1. The Bertz CT molecular complexity index is 458. The van der Waals surface area contributed by atoms with Crippen molar-refractivity contribution in [3.63, 3.8) is 0 Å². The molecular formula is C14H19F3N2O. The Morgan fingerprint density at radius 2 is 1.90 bits per heavy atom. The highest BCUT2D eigenvalue weighted by Crippen LogP contribution is 2.25. The number of rotatable bonds is 5. The number of alkyl halides is 3. The predicted molar refractivity (Wildman–Crippen MR) is 72.3 cm³/mol. The van der Waals surface area contributed by atoms with Gasteiger partial charge in [-0.05, 0) is 25.0 Å². The number of amides is 1. The molecule has 2 atom stereocenters. The Morgan fingerprint density at radius 3 is 2.45 bits per heavy atom. The molecule has 3 N–H and O–H groups in total. The summed E-state index contributed by atoms with van der Waals surface area (Å²) in [5.74, 6) is -0.704. The first-order chi connectivity index (χ1) is 9.20. The van der Waals surface area contributed by atoms with E-state index in [9.17, 15) is 18.0 Å². The Kier molecular flexibility index (Phi) is 5.56. The summed E-state index contributed by atoms with van der Waals surface area (Å²) in [6.07, 6.45) is -5.29. The number of para-hydroxylation sites is 1. The molecule has 0 spiro atoms. The average molecular weight is 288 g/mol. The minimum Gasteiger partial charge on any atom is -0.327 e. The fourth-order valence-electron chi connectivity index (χ4n) is 1.62. The monoisotopic (exact) mass is 288 g/mol. The fraction of sp³-hybridized carbons (Fsp3) is 0.500. The van der Waals surface area contributed by atoms with Gasteiger partial charge in [-0.15, -0.1) is 0 Å². The number of anilines is 1. The van der Waals surface area contributed by atoms with Crippen LogP contribution in [-0.2, 0) is 11.2 Å². The van der Waals surface area contributed by atoms with Crippen LogP contribution in [-0.4, -0.2) is 18.1 Å². The summed E-state index contributed by atoms with van der Waals surface area (Å²) >= 11 is 0. The van der Waals surface area contributed by atoms with Gasteiger partial charge in [0, 0.05) is 18.2 Å². The van der Waals surface area contributed by atoms with Crippen LogP contribution in [0.5, 0.6) is 0 Å². The lowest BCUT2D eigenvalue weighted by Gasteiger charge is -2.17. The molecule has 20 heavy (non-hydrogen) atoms. The van der Waals surface area contributed by atoms with Crippen LogP contribution < -0.4 is 11.1 Å². The van der Waals surface area contributed by atoms with Crippen molar-refractivity contribution >= 4 is 11.6 Å². The lowest BCUT2D eigenvalue weighted by atomic mass is 10.0. The SMILES string of the molecule is CC(N)C(C)C(=O)Nc1ccccc1CCC(F)(F)F. The minimum atomic E-state index is -4.21. The third kappa shape index (κ3) is 5.21. The van der Waals surface area contributed by atoms with Gasteiger partial charge in [-0.25, -0.2) is 0 Å². The second-order valence-electron chi connectivity index (χ2n) is 4.91. The van der Waals surface area contributed by atoms with E-state index in [0.29, 0.717) is 11.3 Å². The second kappa shape index (κ2) is 6.74. The van der Waals surface area contributed by atoms with Crippen LogP contribution in [0.2, 0.25) is 0 Å². The molecule has 0 saturated heterocycles. The van der Waals surface area contributed by atoms with Crippen LogP contribution >= 0.6 is 0 Å². The van der Waals surface area contributed by atoms with E-state index in [2.05, 4.69) is 5.32 Å². The maximum absolute atomic E-state index is 12.3. The summed E-state index contributed by atoms with van der Waals surface area (Å²) in [4.78, 5) is 11.9. The Balaban J connectivity index is 2.78. The molecule has 1 aromatic carbocycles. The first-order valence-corrected chi connectivity index (χ1v) is 6.42. The molecule has 0 aliphatic rings. The van der Waals surface area contributed by atoms with Gasteiger partial charge in [0.05, 0.1) is 5.92 Å². The highest BCUT2D eigenvalue weighted by Gasteiger charge is 2.27. The molecule has 112 valence electrons. The van der Waals surface area contributed by atoms with E-state index in [1.165, 1.54) is 0 Å². The lowest BCUT2D eigenvalue weighted by Crippen LogP contribution is -2.34. The molecule has 6 heteroatoms. The molecular weight excluding hydrogens is 269 g/mol. The van der Waals surface area contributed by atoms with Crippen LogP contribution in [0.25, 0.3) is 0 Å². The average Bonchev–Trinajstić information content (AvgIpc) is 2.35. The van der Waals surface area contributed by atoms with Crippen molar-refractivity contribution < 1.29 is 18.0 Å². The van der Waals surface area contributed by atoms with E-state index < -0.39 is 18.5 Å². The number of nitrogens with two attached hydrogens (primary N) is 1. The zero-order chi connectivity index (χ0) is 15.3. The Morgan fingerprint density at radius 1 is 1.30 bits per heavy atom. The van der Waals surface area contributed by atoms with Gasteiger partial charge in [-0.1, -0.05) is 25.1 Å². The smallest absolute Gasteiger partial charge is 0.327 e. The first kappa shape index (κ1) is 16.5. The summed E-state index contributed by atoms with van der Waals surface area (Å²) in [7, 11) is 0. The highest BCUT2D eigenvalue weighted by atomic mass is 19.4. The molecule has 0 aromatic heterocycles. The largest absolute Gasteiger partial charge is 0.389 e. The van der Waals surface area contributed by atoms with E-state index in [4.69, 9.17) is 5.73 Å². The number of benzene rings is 1. The van der Waals surface area contributed by atoms with Crippen molar-refractivity contribution in [2.45, 2.75) is 38.9 Å². The molecule has 2 unspecified atom stereocenters. The fourth-order valence-corrected chi connectivity index (χ4v) is 1.62. The van der Waals surface area contributed by atoms with E-state index >= 15 is 0 Å². The molecule has 0 aliphatic carbocycles. The summed E-state index contributed by atoms with van der Waals surface area (Å²) in [6, 6.07) is 6.17. The van der Waals surface area contributed by atoms with Crippen molar-refractivity contribution in [2.75, 3.05) is 5.32 Å². The number of nitrogens with one attached hydrogen (secondary N) is 1. The van der Waals surface area contributed by atoms with Crippen molar-refractivity contribution in [1.82, 2.24) is 0 Å². The third-order valence-electron chi connectivity index (χ3n) is 3.16. The summed E-state index contributed by atoms with van der Waals surface area (Å²) in [6.45, 7) is 3.39. The predicted octanol–water partition coefficient (Wildman–Crippen LogP) is 3.10. The van der Waals surface area contributed by atoms with Crippen molar-refractivity contribution in [3.8, 4) is 0 Å². The van der Waals surface area contributed by atoms with Crippen LogP contribution in [0.4, 0.5) is 18.9 Å². The maximum Gasteiger partial charge on any atom is 0.389 e. The lowest BCUT2D eigenvalue weighted by molar-refractivity contribution is -0.133. The molecule has 0 saturated carbocycles. The number of hydrogen-bond donors (Lipinski definition) is 2. The normalized spacial score (nSPS) is 14.7. The molecule has 3 nitrogen and oxygen atoms in total. The molecule has 0 heterocycles. The second-order valence-corrected chi connectivity index (χ2v) is 4.91. The van der Waals surface area contributed by atoms with E-state index in [-0.39, 0.29) is 18.4 Å². The third-order valence-corrected chi connectivity index (χ3v) is 3.16. The quantitative estimate of drug-likeness (QED) is 0.874. The van der Waals surface area contributed by atoms with Crippen molar-refractivity contribution in [1.29, 1.82) is 0 Å². The van der Waals surface area contributed by atoms with Gasteiger partial charge < -0.3 is 11.1 Å². The molecule has 0 radical (unpaired) electrons. The van der Waals surface area contributed by atoms with E-state index in [1.807, 2.05) is 0 Å². The van der Waals surface area contributed by atoms with Crippen molar-refractivity contribution in [2.24, 2.45) is 11.7 Å². The van der Waals surface area contributed by atoms with Crippen LogP contribution in [0.3, 0.4) is 0 Å². The maximum atomic E-state index is 12.3. The highest BCUT2D eigenvalue weighted by molar-refractivity contribution is 5.93. The van der Waals surface area contributed by atoms with Gasteiger partial charge in [0.2, 0.25) is 5.91 Å². The Labute approximate surface area is 116 Å². The Hall–Kier alpha value is -1.56. The number of carbonyl (C=O) groups excluding carboxylic acids is 1. The zero-order valence-electron chi connectivity index (χ0n) is 11.5. The van der Waals surface area contributed by atoms with E-state index in [1.54, 1.807) is 38.1 Å². The number of halogens is 3. The topological polar surface area (TPSA) is 55.1 Å². The summed E-state index contributed by atoms with van der Waals surface area (Å²) < 4.78 is 36.8. The van der Waals surface area contributed by atoms with Gasteiger partial charge in [-0.2, -0.15) is 13.2 Å². The van der Waals surface area contributed by atoms with Gasteiger partial charge in [0.1, 0.15) is 0 Å². The molecule has 1 rings (SSSR count). The molecule has 0 fully saturated rings. The summed E-state index contributed by atoms with van der Waals surface area (Å²) in [5.41, 5.74) is 6.51. The van der Waals surface area contributed by atoms with Crippen molar-refractivity contribution in [3.05, 3.63) is 29.8 Å². The van der Waals surface area contributed by atoms with Gasteiger partial charge >= 0.3 is 6.18 Å². The van der Waals surface area contributed by atoms with Gasteiger partial charge in [-0.3, -0.25) is 4.79 Å². The van der Waals surface area contributed by atoms with Crippen LogP contribution in [0.15, 0.2) is 24.3 Å². The van der Waals surface area contributed by atoms with Gasteiger partial charge in [0.25, 0.3) is 0 Å². The molecule has 1 aromatic rings. The summed E-state index contributed by atoms with van der Waals surface area (Å²) in [5, 5.41) is 2.64. The van der Waals surface area contributed by atoms with Gasteiger partial charge in [0.15, 0.2) is 0 Å². The number of hydrogen-bond acceptors (Lipinski definition) is 2.